The lowest BCUT2D eigenvalue weighted by Crippen LogP contribution is -2.36. The molecular formula is C27H40O3. The fourth-order valence-corrected chi connectivity index (χ4v) is 6.25. The Bertz CT molecular complexity index is 772. The minimum atomic E-state index is -0.916. The lowest BCUT2D eigenvalue weighted by atomic mass is 9.61. The smallest absolute Gasteiger partial charge is 0.119 e. The van der Waals surface area contributed by atoms with E-state index in [1.54, 1.807) is 13.8 Å². The van der Waals surface area contributed by atoms with Gasteiger partial charge in [-0.15, -0.1) is 5.92 Å². The van der Waals surface area contributed by atoms with Crippen LogP contribution in [0.2, 0.25) is 0 Å². The number of aliphatic hydroxyl groups is 3. The summed E-state index contributed by atoms with van der Waals surface area (Å²) < 4.78 is 0. The molecule has 166 valence electrons. The van der Waals surface area contributed by atoms with Crippen LogP contribution in [0, 0.1) is 35.0 Å². The van der Waals surface area contributed by atoms with Crippen LogP contribution in [-0.2, 0) is 0 Å². The van der Waals surface area contributed by atoms with E-state index in [0.29, 0.717) is 36.0 Å². The molecule has 3 saturated carbocycles. The van der Waals surface area contributed by atoms with Crippen molar-refractivity contribution in [3.8, 4) is 11.8 Å². The molecule has 3 heteroatoms. The second kappa shape index (κ2) is 9.03. The van der Waals surface area contributed by atoms with Gasteiger partial charge in [-0.25, -0.2) is 0 Å². The van der Waals surface area contributed by atoms with Crippen molar-refractivity contribution in [3.63, 3.8) is 0 Å². The molecule has 0 aromatic heterocycles. The van der Waals surface area contributed by atoms with Crippen molar-refractivity contribution in [1.29, 1.82) is 0 Å². The normalized spacial score (nSPS) is 38.3. The number of fused-ring (bicyclic) bond motifs is 1. The monoisotopic (exact) mass is 412 g/mol. The van der Waals surface area contributed by atoms with E-state index >= 15 is 0 Å². The Morgan fingerprint density at radius 1 is 1.27 bits per heavy atom. The first-order chi connectivity index (χ1) is 14.0. The summed E-state index contributed by atoms with van der Waals surface area (Å²) in [6.07, 6.45) is 11.2. The zero-order chi connectivity index (χ0) is 22.1. The first kappa shape index (κ1) is 23.3. The SMILES string of the molecule is C=C1/C(=C\C=C2/CCC[C@]3(C)[C@@H]([C@H](C)CC#CC(C)(C)O)CC[C@@H]23)C[C@@H](O)C[C@@H]1O. The average Bonchev–Trinajstić information content (AvgIpc) is 3.00. The minimum absolute atomic E-state index is 0.307. The number of aliphatic hydroxyl groups excluding tert-OH is 2. The Morgan fingerprint density at radius 2 is 2.00 bits per heavy atom. The molecule has 3 aliphatic rings. The highest BCUT2D eigenvalue weighted by Gasteiger charge is 2.50. The highest BCUT2D eigenvalue weighted by atomic mass is 16.3. The van der Waals surface area contributed by atoms with Crippen LogP contribution >= 0.6 is 0 Å². The molecule has 3 nitrogen and oxygen atoms in total. The summed E-state index contributed by atoms with van der Waals surface area (Å²) >= 11 is 0. The maximum atomic E-state index is 10.1. The fraction of sp³-hybridized carbons (Fsp3) is 0.704. The van der Waals surface area contributed by atoms with E-state index in [-0.39, 0.29) is 0 Å². The first-order valence-corrected chi connectivity index (χ1v) is 11.7. The van der Waals surface area contributed by atoms with Crippen LogP contribution in [0.5, 0.6) is 0 Å². The molecule has 0 aromatic carbocycles. The Balaban J connectivity index is 1.75. The Hall–Kier alpha value is -1.34. The Morgan fingerprint density at radius 3 is 2.70 bits per heavy atom. The predicted molar refractivity (Wildman–Crippen MR) is 123 cm³/mol. The van der Waals surface area contributed by atoms with E-state index in [4.69, 9.17) is 0 Å². The highest BCUT2D eigenvalue weighted by Crippen LogP contribution is 2.59. The van der Waals surface area contributed by atoms with Crippen molar-refractivity contribution in [2.24, 2.45) is 23.2 Å². The van der Waals surface area contributed by atoms with E-state index < -0.39 is 17.8 Å². The van der Waals surface area contributed by atoms with Crippen molar-refractivity contribution in [3.05, 3.63) is 35.5 Å². The summed E-state index contributed by atoms with van der Waals surface area (Å²) in [6.45, 7) is 12.3. The number of rotatable bonds is 3. The second-order valence-corrected chi connectivity index (χ2v) is 10.7. The van der Waals surface area contributed by atoms with Crippen molar-refractivity contribution in [1.82, 2.24) is 0 Å². The van der Waals surface area contributed by atoms with Crippen LogP contribution in [0.15, 0.2) is 35.5 Å². The number of hydrogen-bond donors (Lipinski definition) is 3. The van der Waals surface area contributed by atoms with E-state index in [1.165, 1.54) is 31.3 Å². The van der Waals surface area contributed by atoms with Crippen LogP contribution in [0.3, 0.4) is 0 Å². The van der Waals surface area contributed by atoms with Gasteiger partial charge in [0.05, 0.1) is 12.2 Å². The summed E-state index contributed by atoms with van der Waals surface area (Å²) in [5.74, 6) is 7.98. The molecule has 3 N–H and O–H groups in total. The van der Waals surface area contributed by atoms with Gasteiger partial charge in [-0.1, -0.05) is 44.1 Å². The third-order valence-electron chi connectivity index (χ3n) is 7.81. The molecule has 0 saturated heterocycles. The molecule has 0 radical (unpaired) electrons. The molecule has 0 amide bonds. The van der Waals surface area contributed by atoms with Gasteiger partial charge in [-0.05, 0) is 86.7 Å². The summed E-state index contributed by atoms with van der Waals surface area (Å²) in [6, 6.07) is 0. The van der Waals surface area contributed by atoms with Gasteiger partial charge in [0.1, 0.15) is 5.60 Å². The summed E-state index contributed by atoms with van der Waals surface area (Å²) in [4.78, 5) is 0. The van der Waals surface area contributed by atoms with Crippen LogP contribution in [0.25, 0.3) is 0 Å². The average molecular weight is 413 g/mol. The van der Waals surface area contributed by atoms with Gasteiger partial charge >= 0.3 is 0 Å². The predicted octanol–water partition coefficient (Wildman–Crippen LogP) is 4.93. The quantitative estimate of drug-likeness (QED) is 0.576. The lowest BCUT2D eigenvalue weighted by Gasteiger charge is -2.44. The van der Waals surface area contributed by atoms with Crippen molar-refractivity contribution in [2.75, 3.05) is 0 Å². The van der Waals surface area contributed by atoms with Crippen molar-refractivity contribution >= 4 is 0 Å². The van der Waals surface area contributed by atoms with Gasteiger partial charge in [0.2, 0.25) is 0 Å². The van der Waals surface area contributed by atoms with Crippen LogP contribution < -0.4 is 0 Å². The van der Waals surface area contributed by atoms with Gasteiger partial charge in [0, 0.05) is 12.8 Å². The third kappa shape index (κ3) is 5.10. The molecule has 6 atom stereocenters. The zero-order valence-electron chi connectivity index (χ0n) is 19.2. The van der Waals surface area contributed by atoms with Gasteiger partial charge < -0.3 is 15.3 Å². The molecule has 3 fully saturated rings. The number of hydrogen-bond acceptors (Lipinski definition) is 3. The molecule has 0 spiro atoms. The Labute approximate surface area is 183 Å². The molecule has 3 aliphatic carbocycles. The van der Waals surface area contributed by atoms with Crippen molar-refractivity contribution in [2.45, 2.75) is 96.9 Å². The summed E-state index contributed by atoms with van der Waals surface area (Å²) in [5.41, 5.74) is 2.67. The number of allylic oxidation sites excluding steroid dienone is 3. The van der Waals surface area contributed by atoms with E-state index in [1.807, 2.05) is 0 Å². The zero-order valence-corrected chi connectivity index (χ0v) is 19.2. The summed E-state index contributed by atoms with van der Waals surface area (Å²) in [5, 5.41) is 30.0. The highest BCUT2D eigenvalue weighted by molar-refractivity contribution is 5.38. The molecule has 0 bridgehead atoms. The molecule has 0 aromatic rings. The Kier molecular flexibility index (Phi) is 7.02. The molecule has 3 rings (SSSR count). The van der Waals surface area contributed by atoms with Gasteiger partial charge in [0.25, 0.3) is 0 Å². The molecule has 30 heavy (non-hydrogen) atoms. The second-order valence-electron chi connectivity index (χ2n) is 10.7. The third-order valence-corrected chi connectivity index (χ3v) is 7.81. The van der Waals surface area contributed by atoms with Crippen LogP contribution in [0.1, 0.15) is 79.1 Å². The standard InChI is InChI=1S/C27H40O3/c1-18(8-6-14-26(3,4)30)23-12-13-24-20(9-7-15-27(23,24)5)10-11-21-16-22(28)17-25(29)19(21)2/h10-11,18,22-25,28-30H,2,7-9,12-13,15-17H2,1,3-5H3/b20-10+,21-11-/t18-,22-,23-,24+,25+,27-/m1/s1. The molecule has 0 unspecified atom stereocenters. The topological polar surface area (TPSA) is 60.7 Å². The van der Waals surface area contributed by atoms with E-state index in [0.717, 1.165) is 24.0 Å². The van der Waals surface area contributed by atoms with E-state index in [9.17, 15) is 15.3 Å². The van der Waals surface area contributed by atoms with Gasteiger partial charge in [-0.3, -0.25) is 0 Å². The molecular weight excluding hydrogens is 372 g/mol. The fourth-order valence-electron chi connectivity index (χ4n) is 6.25. The van der Waals surface area contributed by atoms with Crippen LogP contribution in [-0.4, -0.2) is 33.1 Å². The molecule has 0 heterocycles. The lowest BCUT2D eigenvalue weighted by molar-refractivity contribution is 0.0861. The van der Waals surface area contributed by atoms with E-state index in [2.05, 4.69) is 44.4 Å². The van der Waals surface area contributed by atoms with Crippen LogP contribution in [0.4, 0.5) is 0 Å². The van der Waals surface area contributed by atoms with Crippen molar-refractivity contribution < 1.29 is 15.3 Å². The maximum absolute atomic E-state index is 10.1. The largest absolute Gasteiger partial charge is 0.393 e. The summed E-state index contributed by atoms with van der Waals surface area (Å²) in [7, 11) is 0. The van der Waals surface area contributed by atoms with Gasteiger partial charge in [-0.2, -0.15) is 0 Å². The van der Waals surface area contributed by atoms with Gasteiger partial charge in [0.15, 0.2) is 0 Å². The molecule has 0 aliphatic heterocycles. The minimum Gasteiger partial charge on any atom is -0.393 e. The maximum Gasteiger partial charge on any atom is 0.119 e. The first-order valence-electron chi connectivity index (χ1n) is 11.7.